The zero-order valence-electron chi connectivity index (χ0n) is 12.0. The van der Waals surface area contributed by atoms with Crippen LogP contribution < -0.4 is 5.32 Å². The van der Waals surface area contributed by atoms with Gasteiger partial charge in [-0.05, 0) is 31.6 Å². The Balaban J connectivity index is 2.11. The van der Waals surface area contributed by atoms with E-state index in [0.29, 0.717) is 0 Å². The number of rotatable bonds is 1. The Bertz CT molecular complexity index is 647. The van der Waals surface area contributed by atoms with Crippen LogP contribution in [0.3, 0.4) is 0 Å². The minimum Gasteiger partial charge on any atom is -0.346 e. The van der Waals surface area contributed by atoms with Crippen LogP contribution in [0.2, 0.25) is 0 Å². The van der Waals surface area contributed by atoms with Crippen molar-refractivity contribution < 1.29 is 0 Å². The SMILES string of the molecule is CC1(C)C=C(c2c[nH]c3ncccc23)CNC1(C)C. The van der Waals surface area contributed by atoms with Gasteiger partial charge in [0.05, 0.1) is 0 Å². The molecule has 3 heteroatoms. The van der Waals surface area contributed by atoms with Crippen molar-refractivity contribution in [2.45, 2.75) is 33.2 Å². The van der Waals surface area contributed by atoms with Crippen LogP contribution in [0.1, 0.15) is 33.3 Å². The van der Waals surface area contributed by atoms with Crippen LogP contribution in [0.4, 0.5) is 0 Å². The highest BCUT2D eigenvalue weighted by Gasteiger charge is 2.38. The van der Waals surface area contributed by atoms with E-state index in [4.69, 9.17) is 0 Å². The Hall–Kier alpha value is -1.61. The molecule has 3 rings (SSSR count). The quantitative estimate of drug-likeness (QED) is 0.820. The summed E-state index contributed by atoms with van der Waals surface area (Å²) >= 11 is 0. The van der Waals surface area contributed by atoms with Crippen molar-refractivity contribution in [3.05, 3.63) is 36.2 Å². The van der Waals surface area contributed by atoms with Gasteiger partial charge in [-0.15, -0.1) is 0 Å². The van der Waals surface area contributed by atoms with E-state index < -0.39 is 0 Å². The number of aromatic nitrogens is 2. The second-order valence-corrected chi connectivity index (χ2v) is 6.47. The summed E-state index contributed by atoms with van der Waals surface area (Å²) in [4.78, 5) is 7.61. The Kier molecular flexibility index (Phi) is 2.58. The maximum Gasteiger partial charge on any atom is 0.137 e. The summed E-state index contributed by atoms with van der Waals surface area (Å²) in [5, 5.41) is 4.85. The molecule has 2 N–H and O–H groups in total. The van der Waals surface area contributed by atoms with Crippen molar-refractivity contribution in [3.63, 3.8) is 0 Å². The highest BCUT2D eigenvalue weighted by atomic mass is 15.0. The molecule has 0 saturated carbocycles. The first kappa shape index (κ1) is 12.4. The lowest BCUT2D eigenvalue weighted by Crippen LogP contribution is -2.53. The summed E-state index contributed by atoms with van der Waals surface area (Å²) in [6.45, 7) is 9.99. The average molecular weight is 255 g/mol. The van der Waals surface area contributed by atoms with Gasteiger partial charge in [0.15, 0.2) is 0 Å². The molecule has 2 aromatic rings. The maximum absolute atomic E-state index is 4.36. The molecular weight excluding hydrogens is 234 g/mol. The third kappa shape index (κ3) is 1.89. The molecule has 0 fully saturated rings. The topological polar surface area (TPSA) is 40.7 Å². The minimum absolute atomic E-state index is 0.112. The predicted molar refractivity (Wildman–Crippen MR) is 79.9 cm³/mol. The number of aromatic amines is 1. The smallest absolute Gasteiger partial charge is 0.137 e. The molecule has 1 aliphatic heterocycles. The van der Waals surface area contributed by atoms with Crippen LogP contribution in [-0.2, 0) is 0 Å². The zero-order valence-corrected chi connectivity index (χ0v) is 12.0. The van der Waals surface area contributed by atoms with Gasteiger partial charge in [-0.3, -0.25) is 0 Å². The van der Waals surface area contributed by atoms with Crippen molar-refractivity contribution in [1.29, 1.82) is 0 Å². The molecule has 0 aromatic carbocycles. The van der Waals surface area contributed by atoms with Crippen LogP contribution in [0, 0.1) is 5.41 Å². The van der Waals surface area contributed by atoms with E-state index in [1.54, 1.807) is 0 Å². The normalized spacial score (nSPS) is 21.4. The largest absolute Gasteiger partial charge is 0.346 e. The Labute approximate surface area is 114 Å². The number of pyridine rings is 1. The highest BCUT2D eigenvalue weighted by Crippen LogP contribution is 2.39. The lowest BCUT2D eigenvalue weighted by Gasteiger charge is -2.44. The monoisotopic (exact) mass is 255 g/mol. The molecule has 3 heterocycles. The molecule has 0 aliphatic carbocycles. The fourth-order valence-electron chi connectivity index (χ4n) is 2.61. The van der Waals surface area contributed by atoms with Gasteiger partial charge < -0.3 is 10.3 Å². The fourth-order valence-corrected chi connectivity index (χ4v) is 2.61. The highest BCUT2D eigenvalue weighted by molar-refractivity contribution is 5.91. The number of fused-ring (bicyclic) bond motifs is 1. The standard InChI is InChI=1S/C16H21N3/c1-15(2)8-11(9-19-16(15,3)4)13-10-18-14-12(13)6-5-7-17-14/h5-8,10,19H,9H2,1-4H3,(H,17,18). The molecule has 3 nitrogen and oxygen atoms in total. The van der Waals surface area contributed by atoms with Gasteiger partial charge in [-0.25, -0.2) is 4.98 Å². The molecule has 0 atom stereocenters. The van der Waals surface area contributed by atoms with Crippen molar-refractivity contribution in [2.75, 3.05) is 6.54 Å². The van der Waals surface area contributed by atoms with Gasteiger partial charge in [0.1, 0.15) is 5.65 Å². The maximum atomic E-state index is 4.36. The van der Waals surface area contributed by atoms with Crippen molar-refractivity contribution >= 4 is 16.6 Å². The van der Waals surface area contributed by atoms with E-state index in [1.165, 1.54) is 16.5 Å². The predicted octanol–water partition coefficient (Wildman–Crippen LogP) is 3.35. The Morgan fingerprint density at radius 3 is 2.74 bits per heavy atom. The lowest BCUT2D eigenvalue weighted by molar-refractivity contribution is 0.208. The van der Waals surface area contributed by atoms with Crippen molar-refractivity contribution in [3.8, 4) is 0 Å². The van der Waals surface area contributed by atoms with Crippen LogP contribution in [0.15, 0.2) is 30.6 Å². The minimum atomic E-state index is 0.112. The second kappa shape index (κ2) is 3.94. The molecule has 0 radical (unpaired) electrons. The summed E-state index contributed by atoms with van der Waals surface area (Å²) in [7, 11) is 0. The zero-order chi connectivity index (χ0) is 13.7. The van der Waals surface area contributed by atoms with Gasteiger partial charge in [0.25, 0.3) is 0 Å². The molecule has 0 saturated heterocycles. The molecule has 100 valence electrons. The van der Waals surface area contributed by atoms with E-state index in [0.717, 1.165) is 12.2 Å². The molecule has 0 unspecified atom stereocenters. The number of hydrogen-bond acceptors (Lipinski definition) is 2. The molecule has 2 aromatic heterocycles. The van der Waals surface area contributed by atoms with Crippen molar-refractivity contribution in [1.82, 2.24) is 15.3 Å². The fraction of sp³-hybridized carbons (Fsp3) is 0.438. The first-order valence-corrected chi connectivity index (χ1v) is 6.80. The summed E-state index contributed by atoms with van der Waals surface area (Å²) in [6.07, 6.45) is 6.29. The third-order valence-corrected chi connectivity index (χ3v) is 4.66. The van der Waals surface area contributed by atoms with Crippen LogP contribution in [-0.4, -0.2) is 22.1 Å². The second-order valence-electron chi connectivity index (χ2n) is 6.47. The molecule has 0 bridgehead atoms. The molecule has 0 spiro atoms. The number of nitrogens with one attached hydrogen (secondary N) is 2. The van der Waals surface area contributed by atoms with E-state index in [2.05, 4.69) is 61.3 Å². The summed E-state index contributed by atoms with van der Waals surface area (Å²) < 4.78 is 0. The van der Waals surface area contributed by atoms with Crippen LogP contribution in [0.5, 0.6) is 0 Å². The molecule has 1 aliphatic rings. The van der Waals surface area contributed by atoms with E-state index in [1.807, 2.05) is 12.3 Å². The summed E-state index contributed by atoms with van der Waals surface area (Å²) in [5.74, 6) is 0. The van der Waals surface area contributed by atoms with E-state index in [-0.39, 0.29) is 11.0 Å². The number of H-pyrrole nitrogens is 1. The molecule has 19 heavy (non-hydrogen) atoms. The van der Waals surface area contributed by atoms with Gasteiger partial charge in [-0.2, -0.15) is 0 Å². The van der Waals surface area contributed by atoms with Gasteiger partial charge in [0, 0.05) is 40.8 Å². The van der Waals surface area contributed by atoms with E-state index >= 15 is 0 Å². The lowest BCUT2D eigenvalue weighted by atomic mass is 9.70. The number of hydrogen-bond donors (Lipinski definition) is 2. The molecular formula is C16H21N3. The van der Waals surface area contributed by atoms with Crippen molar-refractivity contribution in [2.24, 2.45) is 5.41 Å². The van der Waals surface area contributed by atoms with Gasteiger partial charge >= 0.3 is 0 Å². The molecule has 0 amide bonds. The van der Waals surface area contributed by atoms with Crippen LogP contribution in [0.25, 0.3) is 16.6 Å². The Morgan fingerprint density at radius 1 is 1.21 bits per heavy atom. The Morgan fingerprint density at radius 2 is 2.00 bits per heavy atom. The first-order valence-electron chi connectivity index (χ1n) is 6.80. The average Bonchev–Trinajstić information content (AvgIpc) is 2.77. The van der Waals surface area contributed by atoms with Gasteiger partial charge in [0.2, 0.25) is 0 Å². The third-order valence-electron chi connectivity index (χ3n) is 4.66. The summed E-state index contributed by atoms with van der Waals surface area (Å²) in [6, 6.07) is 4.12. The number of nitrogens with zero attached hydrogens (tertiary/aromatic N) is 1. The van der Waals surface area contributed by atoms with E-state index in [9.17, 15) is 0 Å². The van der Waals surface area contributed by atoms with Crippen LogP contribution >= 0.6 is 0 Å². The summed E-state index contributed by atoms with van der Waals surface area (Å²) in [5.41, 5.74) is 3.80. The first-order chi connectivity index (χ1) is 8.91. The van der Waals surface area contributed by atoms with Gasteiger partial charge in [-0.1, -0.05) is 19.9 Å².